The van der Waals surface area contributed by atoms with Crippen LogP contribution < -0.4 is 10.6 Å². The molecule has 20 heavy (non-hydrogen) atoms. The fourth-order valence-corrected chi connectivity index (χ4v) is 2.80. The van der Waals surface area contributed by atoms with E-state index in [0.29, 0.717) is 17.5 Å². The van der Waals surface area contributed by atoms with Crippen LogP contribution in [0, 0.1) is 0 Å². The number of likely N-dealkylation sites (N-methyl/N-ethyl adjacent to an activating group) is 1. The van der Waals surface area contributed by atoms with Gasteiger partial charge < -0.3 is 15.7 Å². The zero-order valence-electron chi connectivity index (χ0n) is 12.0. The van der Waals surface area contributed by atoms with E-state index < -0.39 is 5.97 Å². The maximum Gasteiger partial charge on any atom is 0.354 e. The number of nitrogen functional groups attached to an aromatic ring is 1. The lowest BCUT2D eigenvalue weighted by Crippen LogP contribution is -2.37. The van der Waals surface area contributed by atoms with E-state index >= 15 is 0 Å². The number of carboxylic acids is 1. The molecule has 2 heterocycles. The van der Waals surface area contributed by atoms with Crippen LogP contribution in [0.1, 0.15) is 30.8 Å². The second-order valence-corrected chi connectivity index (χ2v) is 5.02. The molecule has 2 rings (SSSR count). The monoisotopic (exact) mass is 278 g/mol. The lowest BCUT2D eigenvalue weighted by molar-refractivity contribution is 0.0690. The van der Waals surface area contributed by atoms with Gasteiger partial charge in [0.15, 0.2) is 11.5 Å². The van der Waals surface area contributed by atoms with Crippen LogP contribution in [0.2, 0.25) is 0 Å². The summed E-state index contributed by atoms with van der Waals surface area (Å²) in [5.41, 5.74) is 6.52. The van der Waals surface area contributed by atoms with Crippen molar-refractivity contribution in [2.45, 2.75) is 26.3 Å². The van der Waals surface area contributed by atoms with Gasteiger partial charge in [-0.2, -0.15) is 0 Å². The summed E-state index contributed by atoms with van der Waals surface area (Å²) in [6, 6.07) is 3.55. The molecule has 0 amide bonds. The van der Waals surface area contributed by atoms with Crippen LogP contribution >= 0.6 is 0 Å². The van der Waals surface area contributed by atoms with Crippen LogP contribution in [0.4, 0.5) is 11.5 Å². The van der Waals surface area contributed by atoms with Gasteiger partial charge in [0.1, 0.15) is 0 Å². The van der Waals surface area contributed by atoms with E-state index in [4.69, 9.17) is 10.8 Å². The second kappa shape index (κ2) is 6.09. The molecule has 1 atom stereocenters. The number of nitrogens with two attached hydrogens (primary N) is 1. The molecule has 6 heteroatoms. The van der Waals surface area contributed by atoms with Crippen LogP contribution in [0.3, 0.4) is 0 Å². The minimum absolute atomic E-state index is 0.0421. The molecule has 0 saturated carbocycles. The molecular weight excluding hydrogens is 256 g/mol. The molecule has 0 aromatic carbocycles. The molecule has 1 unspecified atom stereocenters. The summed E-state index contributed by atoms with van der Waals surface area (Å²) in [5, 5.41) is 9.03. The SMILES string of the molecule is CCN(CC)C1CCN(c2nc(C(=O)O)ccc2N)C1. The molecule has 0 aliphatic carbocycles. The smallest absolute Gasteiger partial charge is 0.354 e. The lowest BCUT2D eigenvalue weighted by Gasteiger charge is -2.26. The third-order valence-corrected chi connectivity index (χ3v) is 3.92. The fourth-order valence-electron chi connectivity index (χ4n) is 2.80. The van der Waals surface area contributed by atoms with Gasteiger partial charge in [0.25, 0.3) is 0 Å². The third-order valence-electron chi connectivity index (χ3n) is 3.92. The minimum Gasteiger partial charge on any atom is -0.477 e. The highest BCUT2D eigenvalue weighted by Crippen LogP contribution is 2.26. The standard InChI is InChI=1S/C14H22N4O2/c1-3-17(4-2)10-7-8-18(9-10)13-11(15)5-6-12(16-13)14(19)20/h5-6,10H,3-4,7-9,15H2,1-2H3,(H,19,20). The van der Waals surface area contributed by atoms with Crippen molar-refractivity contribution in [2.24, 2.45) is 0 Å². The first kappa shape index (κ1) is 14.6. The van der Waals surface area contributed by atoms with Gasteiger partial charge in [0.2, 0.25) is 0 Å². The molecule has 0 spiro atoms. The molecule has 1 aromatic rings. The number of hydrogen-bond donors (Lipinski definition) is 2. The average Bonchev–Trinajstić information content (AvgIpc) is 2.90. The van der Waals surface area contributed by atoms with E-state index in [1.54, 1.807) is 6.07 Å². The van der Waals surface area contributed by atoms with Gasteiger partial charge in [-0.05, 0) is 31.6 Å². The van der Waals surface area contributed by atoms with E-state index in [-0.39, 0.29) is 5.69 Å². The topological polar surface area (TPSA) is 82.7 Å². The Hall–Kier alpha value is -1.82. The highest BCUT2D eigenvalue weighted by atomic mass is 16.4. The summed E-state index contributed by atoms with van der Waals surface area (Å²) in [6.45, 7) is 8.07. The third kappa shape index (κ3) is 2.85. The zero-order valence-corrected chi connectivity index (χ0v) is 12.0. The van der Waals surface area contributed by atoms with E-state index in [9.17, 15) is 4.79 Å². The first-order valence-corrected chi connectivity index (χ1v) is 7.05. The van der Waals surface area contributed by atoms with Crippen molar-refractivity contribution in [2.75, 3.05) is 36.8 Å². The van der Waals surface area contributed by atoms with Crippen molar-refractivity contribution in [1.29, 1.82) is 0 Å². The normalized spacial score (nSPS) is 18.8. The van der Waals surface area contributed by atoms with Crippen LogP contribution in [0.15, 0.2) is 12.1 Å². The van der Waals surface area contributed by atoms with Crippen molar-refractivity contribution in [1.82, 2.24) is 9.88 Å². The molecule has 3 N–H and O–H groups in total. The molecule has 1 saturated heterocycles. The van der Waals surface area contributed by atoms with Crippen LogP contribution in [-0.2, 0) is 0 Å². The Morgan fingerprint density at radius 3 is 2.80 bits per heavy atom. The lowest BCUT2D eigenvalue weighted by atomic mass is 10.2. The summed E-state index contributed by atoms with van der Waals surface area (Å²) in [7, 11) is 0. The number of rotatable bonds is 5. The van der Waals surface area contributed by atoms with Crippen molar-refractivity contribution in [3.63, 3.8) is 0 Å². The number of hydrogen-bond acceptors (Lipinski definition) is 5. The summed E-state index contributed by atoms with van der Waals surface area (Å²) >= 11 is 0. The largest absolute Gasteiger partial charge is 0.477 e. The molecule has 6 nitrogen and oxygen atoms in total. The first-order valence-electron chi connectivity index (χ1n) is 7.05. The molecular formula is C14H22N4O2. The number of aromatic nitrogens is 1. The zero-order chi connectivity index (χ0) is 14.7. The van der Waals surface area contributed by atoms with Gasteiger partial charge in [0.05, 0.1) is 5.69 Å². The van der Waals surface area contributed by atoms with Crippen LogP contribution in [0.5, 0.6) is 0 Å². The number of carboxylic acid groups (broad SMARTS) is 1. The number of pyridine rings is 1. The molecule has 0 bridgehead atoms. The summed E-state index contributed by atoms with van der Waals surface area (Å²) in [6.07, 6.45) is 1.06. The number of anilines is 2. The summed E-state index contributed by atoms with van der Waals surface area (Å²) < 4.78 is 0. The van der Waals surface area contributed by atoms with E-state index in [2.05, 4.69) is 28.6 Å². The Morgan fingerprint density at radius 1 is 1.50 bits per heavy atom. The number of nitrogens with zero attached hydrogens (tertiary/aromatic N) is 3. The average molecular weight is 278 g/mol. The Balaban J connectivity index is 2.17. The maximum absolute atomic E-state index is 11.0. The molecule has 1 aromatic heterocycles. The molecule has 1 fully saturated rings. The van der Waals surface area contributed by atoms with Crippen LogP contribution in [0.25, 0.3) is 0 Å². The van der Waals surface area contributed by atoms with Gasteiger partial charge in [-0.3, -0.25) is 4.90 Å². The van der Waals surface area contributed by atoms with Crippen molar-refractivity contribution >= 4 is 17.5 Å². The Labute approximate surface area is 119 Å². The summed E-state index contributed by atoms with van der Waals surface area (Å²) in [4.78, 5) is 19.7. The maximum atomic E-state index is 11.0. The van der Waals surface area contributed by atoms with Gasteiger partial charge in [-0.1, -0.05) is 13.8 Å². The Bertz CT molecular complexity index is 488. The van der Waals surface area contributed by atoms with E-state index in [0.717, 1.165) is 32.6 Å². The molecule has 110 valence electrons. The fraction of sp³-hybridized carbons (Fsp3) is 0.571. The van der Waals surface area contributed by atoms with E-state index in [1.165, 1.54) is 6.07 Å². The van der Waals surface area contributed by atoms with Gasteiger partial charge >= 0.3 is 5.97 Å². The molecule has 1 aliphatic rings. The van der Waals surface area contributed by atoms with Gasteiger partial charge in [0, 0.05) is 19.1 Å². The predicted molar refractivity (Wildman–Crippen MR) is 79.1 cm³/mol. The molecule has 1 aliphatic heterocycles. The van der Waals surface area contributed by atoms with Crippen molar-refractivity contribution in [3.05, 3.63) is 17.8 Å². The molecule has 0 radical (unpaired) electrons. The number of carbonyl (C=O) groups is 1. The predicted octanol–water partition coefficient (Wildman–Crippen LogP) is 1.28. The Kier molecular flexibility index (Phi) is 4.44. The first-order chi connectivity index (χ1) is 9.56. The number of aromatic carboxylic acids is 1. The highest BCUT2D eigenvalue weighted by molar-refractivity contribution is 5.87. The quantitative estimate of drug-likeness (QED) is 0.844. The van der Waals surface area contributed by atoms with E-state index in [1.807, 2.05) is 0 Å². The minimum atomic E-state index is -1.02. The Morgan fingerprint density at radius 2 is 2.20 bits per heavy atom. The second-order valence-electron chi connectivity index (χ2n) is 5.02. The van der Waals surface area contributed by atoms with Crippen molar-refractivity contribution < 1.29 is 9.90 Å². The highest BCUT2D eigenvalue weighted by Gasteiger charge is 2.28. The van der Waals surface area contributed by atoms with Crippen molar-refractivity contribution in [3.8, 4) is 0 Å². The summed E-state index contributed by atoms with van der Waals surface area (Å²) in [5.74, 6) is -0.426. The van der Waals surface area contributed by atoms with Gasteiger partial charge in [-0.15, -0.1) is 0 Å². The van der Waals surface area contributed by atoms with Gasteiger partial charge in [-0.25, -0.2) is 9.78 Å². The van der Waals surface area contributed by atoms with Crippen LogP contribution in [-0.4, -0.2) is 53.2 Å².